The summed E-state index contributed by atoms with van der Waals surface area (Å²) < 4.78 is 15.2. The number of methoxy groups -OCH3 is 1. The van der Waals surface area contributed by atoms with Crippen LogP contribution in [0.2, 0.25) is 0 Å². The maximum absolute atomic E-state index is 11.4. The third-order valence-electron chi connectivity index (χ3n) is 2.66. The number of ether oxygens (including phenoxy) is 3. The lowest BCUT2D eigenvalue weighted by Gasteiger charge is -2.18. The van der Waals surface area contributed by atoms with Gasteiger partial charge < -0.3 is 24.4 Å². The summed E-state index contributed by atoms with van der Waals surface area (Å²) in [5.41, 5.74) is 0.339. The Morgan fingerprint density at radius 1 is 1.20 bits per heavy atom. The highest BCUT2D eigenvalue weighted by atomic mass is 16.5. The normalized spacial score (nSPS) is 13.4. The van der Waals surface area contributed by atoms with Crippen LogP contribution < -0.4 is 9.47 Å². The van der Waals surface area contributed by atoms with Gasteiger partial charge in [-0.2, -0.15) is 0 Å². The molecule has 1 rings (SSSR count). The van der Waals surface area contributed by atoms with Crippen molar-refractivity contribution < 1.29 is 29.2 Å². The van der Waals surface area contributed by atoms with E-state index in [1.54, 1.807) is 19.1 Å². The number of rotatable bonds is 7. The number of aliphatic hydroxyl groups excluding tert-OH is 2. The molecule has 0 amide bonds. The monoisotopic (exact) mass is 284 g/mol. The molecule has 0 fully saturated rings. The molecule has 1 aromatic rings. The summed E-state index contributed by atoms with van der Waals surface area (Å²) in [5, 5.41) is 19.7. The van der Waals surface area contributed by atoms with Crippen LogP contribution in [0, 0.1) is 0 Å². The Balaban J connectivity index is 2.93. The molecule has 2 unspecified atom stereocenters. The molecular weight excluding hydrogens is 264 g/mol. The molecule has 20 heavy (non-hydrogen) atoms. The highest BCUT2D eigenvalue weighted by Gasteiger charge is 2.27. The van der Waals surface area contributed by atoms with E-state index in [2.05, 4.69) is 4.74 Å². The molecule has 0 saturated carbocycles. The Morgan fingerprint density at radius 2 is 1.90 bits per heavy atom. The van der Waals surface area contributed by atoms with Crippen molar-refractivity contribution in [3.8, 4) is 11.5 Å². The van der Waals surface area contributed by atoms with Crippen molar-refractivity contribution in [2.45, 2.75) is 26.1 Å². The standard InChI is InChI=1S/C14H20O6/c1-4-19-10-7-6-9(8-11(10)18-3)12(15)13(16)14(17)20-5-2/h6-8,12-13,15-16H,4-5H2,1-3H3. The van der Waals surface area contributed by atoms with Crippen LogP contribution in [0.1, 0.15) is 25.5 Å². The number of carbonyl (C=O) groups is 1. The van der Waals surface area contributed by atoms with E-state index in [-0.39, 0.29) is 6.61 Å². The average molecular weight is 284 g/mol. The summed E-state index contributed by atoms with van der Waals surface area (Å²) in [4.78, 5) is 11.4. The predicted octanol–water partition coefficient (Wildman–Crippen LogP) is 1.05. The first kappa shape index (κ1) is 16.3. The van der Waals surface area contributed by atoms with E-state index in [9.17, 15) is 15.0 Å². The minimum Gasteiger partial charge on any atom is -0.493 e. The molecule has 0 heterocycles. The molecule has 2 atom stereocenters. The maximum atomic E-state index is 11.4. The van der Waals surface area contributed by atoms with Crippen LogP contribution in [0.15, 0.2) is 18.2 Å². The van der Waals surface area contributed by atoms with Crippen molar-refractivity contribution in [3.63, 3.8) is 0 Å². The molecule has 0 aliphatic carbocycles. The Kier molecular flexibility index (Phi) is 6.27. The molecule has 6 nitrogen and oxygen atoms in total. The molecule has 0 aliphatic heterocycles. The average Bonchev–Trinajstić information content (AvgIpc) is 2.46. The van der Waals surface area contributed by atoms with Crippen LogP contribution in [-0.4, -0.2) is 42.6 Å². The van der Waals surface area contributed by atoms with Gasteiger partial charge in [-0.15, -0.1) is 0 Å². The van der Waals surface area contributed by atoms with Crippen molar-refractivity contribution in [2.75, 3.05) is 20.3 Å². The van der Waals surface area contributed by atoms with Crippen LogP contribution >= 0.6 is 0 Å². The number of hydrogen-bond acceptors (Lipinski definition) is 6. The largest absolute Gasteiger partial charge is 0.493 e. The van der Waals surface area contributed by atoms with E-state index in [1.807, 2.05) is 6.92 Å². The van der Waals surface area contributed by atoms with E-state index >= 15 is 0 Å². The Hall–Kier alpha value is -1.79. The zero-order valence-electron chi connectivity index (χ0n) is 11.8. The van der Waals surface area contributed by atoms with Gasteiger partial charge in [0.05, 0.1) is 20.3 Å². The molecule has 6 heteroatoms. The van der Waals surface area contributed by atoms with Crippen LogP contribution in [0.5, 0.6) is 11.5 Å². The molecule has 0 aromatic heterocycles. The Morgan fingerprint density at radius 3 is 2.45 bits per heavy atom. The van der Waals surface area contributed by atoms with Crippen LogP contribution in [0.3, 0.4) is 0 Å². The Bertz CT molecular complexity index is 445. The van der Waals surface area contributed by atoms with E-state index in [0.29, 0.717) is 23.7 Å². The van der Waals surface area contributed by atoms with Crippen LogP contribution in [0.25, 0.3) is 0 Å². The second-order valence-corrected chi connectivity index (χ2v) is 3.99. The quantitative estimate of drug-likeness (QED) is 0.728. The SMILES string of the molecule is CCOC(=O)C(O)C(O)c1ccc(OCC)c(OC)c1. The van der Waals surface area contributed by atoms with Crippen LogP contribution in [0.4, 0.5) is 0 Å². The first-order chi connectivity index (χ1) is 9.54. The maximum Gasteiger partial charge on any atom is 0.338 e. The molecule has 0 bridgehead atoms. The van der Waals surface area contributed by atoms with Gasteiger partial charge in [0.15, 0.2) is 17.6 Å². The van der Waals surface area contributed by atoms with E-state index < -0.39 is 18.2 Å². The molecule has 2 N–H and O–H groups in total. The third-order valence-corrected chi connectivity index (χ3v) is 2.66. The van der Waals surface area contributed by atoms with Gasteiger partial charge in [-0.25, -0.2) is 4.79 Å². The van der Waals surface area contributed by atoms with Crippen LogP contribution in [-0.2, 0) is 9.53 Å². The lowest BCUT2D eigenvalue weighted by Crippen LogP contribution is -2.29. The van der Waals surface area contributed by atoms with Crippen molar-refractivity contribution >= 4 is 5.97 Å². The molecule has 1 aromatic carbocycles. The van der Waals surface area contributed by atoms with Gasteiger partial charge in [-0.1, -0.05) is 6.07 Å². The second-order valence-electron chi connectivity index (χ2n) is 3.99. The Labute approximate surface area is 117 Å². The summed E-state index contributed by atoms with van der Waals surface area (Å²) >= 11 is 0. The number of carbonyl (C=O) groups excluding carboxylic acids is 1. The topological polar surface area (TPSA) is 85.2 Å². The third kappa shape index (κ3) is 3.85. The fraction of sp³-hybridized carbons (Fsp3) is 0.500. The van der Waals surface area contributed by atoms with Gasteiger partial charge in [0, 0.05) is 0 Å². The van der Waals surface area contributed by atoms with Gasteiger partial charge in [-0.3, -0.25) is 0 Å². The smallest absolute Gasteiger partial charge is 0.338 e. The van der Waals surface area contributed by atoms with E-state index in [1.165, 1.54) is 13.2 Å². The first-order valence-corrected chi connectivity index (χ1v) is 6.38. The highest BCUT2D eigenvalue weighted by Crippen LogP contribution is 2.31. The van der Waals surface area contributed by atoms with Crippen molar-refractivity contribution in [1.82, 2.24) is 0 Å². The number of benzene rings is 1. The predicted molar refractivity (Wildman–Crippen MR) is 71.8 cm³/mol. The van der Waals surface area contributed by atoms with E-state index in [4.69, 9.17) is 9.47 Å². The molecule has 0 aliphatic rings. The minimum absolute atomic E-state index is 0.134. The lowest BCUT2D eigenvalue weighted by molar-refractivity contribution is -0.159. The number of esters is 1. The van der Waals surface area contributed by atoms with Crippen molar-refractivity contribution in [3.05, 3.63) is 23.8 Å². The van der Waals surface area contributed by atoms with Gasteiger partial charge in [0.25, 0.3) is 0 Å². The van der Waals surface area contributed by atoms with Gasteiger partial charge in [0.1, 0.15) is 6.10 Å². The first-order valence-electron chi connectivity index (χ1n) is 6.38. The minimum atomic E-state index is -1.64. The number of aliphatic hydroxyl groups is 2. The van der Waals surface area contributed by atoms with Gasteiger partial charge in [-0.05, 0) is 31.5 Å². The molecule has 0 saturated heterocycles. The van der Waals surface area contributed by atoms with Crippen molar-refractivity contribution in [2.24, 2.45) is 0 Å². The summed E-state index contributed by atoms with van der Waals surface area (Å²) in [5.74, 6) is 0.0730. The summed E-state index contributed by atoms with van der Waals surface area (Å²) in [6, 6.07) is 4.68. The van der Waals surface area contributed by atoms with Crippen molar-refractivity contribution in [1.29, 1.82) is 0 Å². The summed E-state index contributed by atoms with van der Waals surface area (Å²) in [7, 11) is 1.47. The fourth-order valence-electron chi connectivity index (χ4n) is 1.68. The number of hydrogen-bond donors (Lipinski definition) is 2. The fourth-order valence-corrected chi connectivity index (χ4v) is 1.68. The zero-order chi connectivity index (χ0) is 15.1. The molecule has 0 spiro atoms. The second kappa shape index (κ2) is 7.72. The van der Waals surface area contributed by atoms with Gasteiger partial charge in [0.2, 0.25) is 0 Å². The molecular formula is C14H20O6. The highest BCUT2D eigenvalue weighted by molar-refractivity contribution is 5.75. The van der Waals surface area contributed by atoms with Gasteiger partial charge >= 0.3 is 5.97 Å². The molecule has 112 valence electrons. The summed E-state index contributed by atoms with van der Waals surface area (Å²) in [6.45, 7) is 4.07. The molecule has 0 radical (unpaired) electrons. The lowest BCUT2D eigenvalue weighted by atomic mass is 10.0. The summed E-state index contributed by atoms with van der Waals surface area (Å²) in [6.07, 6.45) is -3.03. The zero-order valence-corrected chi connectivity index (χ0v) is 11.8. The van der Waals surface area contributed by atoms with E-state index in [0.717, 1.165) is 0 Å².